The van der Waals surface area contributed by atoms with Crippen molar-refractivity contribution in [3.63, 3.8) is 0 Å². The maximum Gasteiger partial charge on any atom is 0.162 e. The zero-order chi connectivity index (χ0) is 15.5. The van der Waals surface area contributed by atoms with E-state index in [0.29, 0.717) is 24.2 Å². The first-order valence-corrected chi connectivity index (χ1v) is 9.34. The molecular formula is C16H22O4S. The Morgan fingerprint density at radius 1 is 1.24 bits per heavy atom. The maximum absolute atomic E-state index is 11.6. The van der Waals surface area contributed by atoms with Crippen LogP contribution in [-0.4, -0.2) is 31.8 Å². The minimum atomic E-state index is -3.00. The first kappa shape index (κ1) is 16.0. The predicted molar refractivity (Wildman–Crippen MR) is 82.6 cm³/mol. The minimum Gasteiger partial charge on any atom is -0.490 e. The molecule has 5 heteroatoms. The Morgan fingerprint density at radius 3 is 2.48 bits per heavy atom. The second-order valence-corrected chi connectivity index (χ2v) is 7.98. The summed E-state index contributed by atoms with van der Waals surface area (Å²) >= 11 is 0. The predicted octanol–water partition coefficient (Wildman–Crippen LogP) is 3.01. The number of hydrogen-bond acceptors (Lipinski definition) is 4. The third kappa shape index (κ3) is 4.30. The van der Waals surface area contributed by atoms with E-state index in [4.69, 9.17) is 4.74 Å². The van der Waals surface area contributed by atoms with Crippen LogP contribution in [0.4, 0.5) is 0 Å². The summed E-state index contributed by atoms with van der Waals surface area (Å²) in [6.07, 6.45) is 4.74. The molecule has 0 bridgehead atoms. The van der Waals surface area contributed by atoms with E-state index in [1.165, 1.54) is 6.26 Å². The molecule has 1 aliphatic rings. The molecule has 1 aromatic rings. The lowest BCUT2D eigenvalue weighted by atomic mass is 9.97. The van der Waals surface area contributed by atoms with Crippen LogP contribution >= 0.6 is 0 Å². The van der Waals surface area contributed by atoms with Crippen molar-refractivity contribution in [2.24, 2.45) is 0 Å². The van der Waals surface area contributed by atoms with Gasteiger partial charge in [-0.1, -0.05) is 6.92 Å². The second-order valence-electron chi connectivity index (χ2n) is 5.66. The molecule has 1 fully saturated rings. The summed E-state index contributed by atoms with van der Waals surface area (Å²) in [5, 5.41) is -0.294. The van der Waals surface area contributed by atoms with Crippen molar-refractivity contribution in [3.8, 4) is 5.75 Å². The Hall–Kier alpha value is -1.36. The fourth-order valence-corrected chi connectivity index (χ4v) is 3.87. The van der Waals surface area contributed by atoms with Gasteiger partial charge < -0.3 is 4.74 Å². The number of carbonyl (C=O) groups excluding carboxylic acids is 1. The molecule has 0 spiro atoms. The van der Waals surface area contributed by atoms with Crippen LogP contribution in [-0.2, 0) is 9.84 Å². The van der Waals surface area contributed by atoms with Gasteiger partial charge in [-0.2, -0.15) is 0 Å². The van der Waals surface area contributed by atoms with Crippen molar-refractivity contribution >= 4 is 15.6 Å². The maximum atomic E-state index is 11.6. The van der Waals surface area contributed by atoms with E-state index in [1.807, 2.05) is 6.92 Å². The van der Waals surface area contributed by atoms with Crippen LogP contribution in [0.2, 0.25) is 0 Å². The average Bonchev–Trinajstić information content (AvgIpc) is 2.47. The molecule has 0 heterocycles. The van der Waals surface area contributed by atoms with Crippen molar-refractivity contribution in [1.29, 1.82) is 0 Å². The highest BCUT2D eigenvalue weighted by molar-refractivity contribution is 7.91. The van der Waals surface area contributed by atoms with Crippen LogP contribution in [0.25, 0.3) is 0 Å². The summed E-state index contributed by atoms with van der Waals surface area (Å²) < 4.78 is 29.2. The zero-order valence-corrected chi connectivity index (χ0v) is 13.4. The Labute approximate surface area is 126 Å². The third-order valence-corrected chi connectivity index (χ3v) is 5.62. The molecule has 2 rings (SSSR count). The number of hydrogen-bond donors (Lipinski definition) is 0. The summed E-state index contributed by atoms with van der Waals surface area (Å²) in [4.78, 5) is 11.6. The topological polar surface area (TPSA) is 60.4 Å². The largest absolute Gasteiger partial charge is 0.490 e. The van der Waals surface area contributed by atoms with Gasteiger partial charge in [0.05, 0.1) is 11.4 Å². The molecule has 0 aromatic heterocycles. The quantitative estimate of drug-likeness (QED) is 0.784. The second kappa shape index (κ2) is 6.60. The van der Waals surface area contributed by atoms with Gasteiger partial charge in [0.25, 0.3) is 0 Å². The van der Waals surface area contributed by atoms with E-state index >= 15 is 0 Å². The Kier molecular flexibility index (Phi) is 5.04. The van der Waals surface area contributed by atoms with Gasteiger partial charge in [-0.25, -0.2) is 8.42 Å². The normalized spacial score (nSPS) is 22.8. The van der Waals surface area contributed by atoms with Gasteiger partial charge in [-0.05, 0) is 43.5 Å². The molecule has 1 aromatic carbocycles. The van der Waals surface area contributed by atoms with Crippen molar-refractivity contribution in [3.05, 3.63) is 29.8 Å². The van der Waals surface area contributed by atoms with Crippen LogP contribution in [0, 0.1) is 0 Å². The lowest BCUT2D eigenvalue weighted by Gasteiger charge is -2.28. The van der Waals surface area contributed by atoms with Gasteiger partial charge in [-0.15, -0.1) is 0 Å². The first-order chi connectivity index (χ1) is 9.90. The molecule has 1 aliphatic carbocycles. The Morgan fingerprint density at radius 2 is 1.90 bits per heavy atom. The number of benzene rings is 1. The number of ether oxygens (including phenoxy) is 1. The van der Waals surface area contributed by atoms with Crippen molar-refractivity contribution in [2.75, 3.05) is 6.26 Å². The van der Waals surface area contributed by atoms with E-state index in [2.05, 4.69) is 0 Å². The van der Waals surface area contributed by atoms with Crippen molar-refractivity contribution in [2.45, 2.75) is 50.4 Å². The summed E-state index contributed by atoms with van der Waals surface area (Å²) in [5.74, 6) is 0.804. The molecule has 0 N–H and O–H groups in total. The number of ketones is 1. The molecule has 0 amide bonds. The monoisotopic (exact) mass is 310 g/mol. The van der Waals surface area contributed by atoms with Crippen LogP contribution in [0.3, 0.4) is 0 Å². The molecule has 2 unspecified atom stereocenters. The first-order valence-electron chi connectivity index (χ1n) is 7.39. The number of carbonyl (C=O) groups is 1. The lowest BCUT2D eigenvalue weighted by molar-refractivity contribution is 0.0988. The van der Waals surface area contributed by atoms with Crippen LogP contribution in [0.15, 0.2) is 24.3 Å². The van der Waals surface area contributed by atoms with Gasteiger partial charge in [0.1, 0.15) is 15.6 Å². The highest BCUT2D eigenvalue weighted by Crippen LogP contribution is 2.27. The molecule has 0 saturated heterocycles. The van der Waals surface area contributed by atoms with Gasteiger partial charge in [0.15, 0.2) is 5.78 Å². The molecule has 1 saturated carbocycles. The van der Waals surface area contributed by atoms with Crippen LogP contribution < -0.4 is 4.74 Å². The fraction of sp³-hybridized carbons (Fsp3) is 0.562. The average molecular weight is 310 g/mol. The van der Waals surface area contributed by atoms with E-state index in [9.17, 15) is 13.2 Å². The molecular weight excluding hydrogens is 288 g/mol. The highest BCUT2D eigenvalue weighted by atomic mass is 32.2. The molecule has 2 atom stereocenters. The van der Waals surface area contributed by atoms with Gasteiger partial charge in [0.2, 0.25) is 0 Å². The molecule has 0 radical (unpaired) electrons. The van der Waals surface area contributed by atoms with Gasteiger partial charge in [0, 0.05) is 24.7 Å². The lowest BCUT2D eigenvalue weighted by Crippen LogP contribution is -2.33. The third-order valence-electron chi connectivity index (χ3n) is 3.98. The number of rotatable bonds is 5. The fourth-order valence-electron chi connectivity index (χ4n) is 2.71. The minimum absolute atomic E-state index is 0.0637. The summed E-state index contributed by atoms with van der Waals surface area (Å²) in [6, 6.07) is 7.09. The highest BCUT2D eigenvalue weighted by Gasteiger charge is 2.29. The van der Waals surface area contributed by atoms with E-state index < -0.39 is 9.84 Å². The SMILES string of the molecule is CCC(=O)c1ccc(OC2CCCC(S(C)(=O)=O)C2)cc1. The summed E-state index contributed by atoms with van der Waals surface area (Å²) in [7, 11) is -3.00. The number of sulfone groups is 1. The summed E-state index contributed by atoms with van der Waals surface area (Å²) in [5.41, 5.74) is 0.683. The molecule has 21 heavy (non-hydrogen) atoms. The Bertz CT molecular complexity index is 589. The zero-order valence-electron chi connectivity index (χ0n) is 12.5. The molecule has 116 valence electrons. The van der Waals surface area contributed by atoms with Crippen LogP contribution in [0.1, 0.15) is 49.4 Å². The smallest absolute Gasteiger partial charge is 0.162 e. The van der Waals surface area contributed by atoms with E-state index in [-0.39, 0.29) is 17.1 Å². The molecule has 4 nitrogen and oxygen atoms in total. The summed E-state index contributed by atoms with van der Waals surface area (Å²) in [6.45, 7) is 1.83. The van der Waals surface area contributed by atoms with E-state index in [0.717, 1.165) is 19.3 Å². The van der Waals surface area contributed by atoms with Crippen molar-refractivity contribution < 1.29 is 17.9 Å². The molecule has 0 aliphatic heterocycles. The van der Waals surface area contributed by atoms with E-state index in [1.54, 1.807) is 24.3 Å². The Balaban J connectivity index is 2.00. The van der Waals surface area contributed by atoms with Gasteiger partial charge >= 0.3 is 0 Å². The van der Waals surface area contributed by atoms with Crippen molar-refractivity contribution in [1.82, 2.24) is 0 Å². The number of Topliss-reactive ketones (excluding diaryl/α,β-unsaturated/α-hetero) is 1. The van der Waals surface area contributed by atoms with Gasteiger partial charge in [-0.3, -0.25) is 4.79 Å². The van der Waals surface area contributed by atoms with Crippen LogP contribution in [0.5, 0.6) is 5.75 Å². The standard InChI is InChI=1S/C16H22O4S/c1-3-16(17)12-7-9-13(10-8-12)20-14-5-4-6-15(11-14)21(2,18)19/h7-10,14-15H,3-6,11H2,1-2H3.